The fourth-order valence-corrected chi connectivity index (χ4v) is 2.13. The average molecular weight is 464 g/mol. The van der Waals surface area contributed by atoms with Gasteiger partial charge in [0.15, 0.2) is 11.8 Å². The normalized spacial score (nSPS) is 11.2. The lowest BCUT2D eigenvalue weighted by molar-refractivity contribution is 0.583. The first-order chi connectivity index (χ1) is 11.5. The first-order valence-corrected chi connectivity index (χ1v) is 7.82. The third-order valence-corrected chi connectivity index (χ3v) is 3.60. The van der Waals surface area contributed by atoms with Gasteiger partial charge in [0.2, 0.25) is 0 Å². The lowest BCUT2D eigenvalue weighted by Gasteiger charge is -2.11. The zero-order valence-corrected chi connectivity index (χ0v) is 16.8. The topological polar surface area (TPSA) is 67.1 Å². The molecule has 1 aromatic heterocycles. The third-order valence-electron chi connectivity index (χ3n) is 3.60. The van der Waals surface area contributed by atoms with E-state index in [4.69, 9.17) is 0 Å². The lowest BCUT2D eigenvalue weighted by Crippen LogP contribution is -2.38. The Bertz CT molecular complexity index is 717. The molecule has 138 valence electrons. The minimum atomic E-state index is -0.440. The van der Waals surface area contributed by atoms with E-state index in [2.05, 4.69) is 25.8 Å². The highest BCUT2D eigenvalue weighted by Gasteiger charge is 2.06. The summed E-state index contributed by atoms with van der Waals surface area (Å²) in [5.41, 5.74) is 0.335. The molecule has 0 aliphatic carbocycles. The highest BCUT2D eigenvalue weighted by atomic mass is 127. The molecule has 0 atom stereocenters. The fraction of sp³-hybridized carbons (Fsp3) is 0.438. The molecular weight excluding hydrogens is 441 g/mol. The number of hydrogen-bond donors (Lipinski definition) is 2. The molecule has 2 rings (SSSR count). The molecule has 0 spiro atoms. The van der Waals surface area contributed by atoms with Crippen LogP contribution in [0.4, 0.5) is 8.78 Å². The Morgan fingerprint density at radius 3 is 2.64 bits per heavy atom. The maximum Gasteiger partial charge on any atom is 0.191 e. The number of aromatic nitrogens is 3. The highest BCUT2D eigenvalue weighted by Crippen LogP contribution is 2.09. The zero-order chi connectivity index (χ0) is 17.5. The molecule has 0 fully saturated rings. The molecule has 2 aromatic rings. The van der Waals surface area contributed by atoms with E-state index in [1.54, 1.807) is 0 Å². The molecule has 2 N–H and O–H groups in total. The van der Waals surface area contributed by atoms with Crippen LogP contribution in [-0.2, 0) is 20.0 Å². The number of halogens is 3. The summed E-state index contributed by atoms with van der Waals surface area (Å²) in [5, 5.41) is 14.3. The zero-order valence-electron chi connectivity index (χ0n) is 14.5. The highest BCUT2D eigenvalue weighted by molar-refractivity contribution is 14.0. The Balaban J connectivity index is 0.00000312. The number of nitrogens with one attached hydrogen (secondary N) is 2. The van der Waals surface area contributed by atoms with Crippen molar-refractivity contribution in [3.05, 3.63) is 47.0 Å². The smallest absolute Gasteiger partial charge is 0.191 e. The van der Waals surface area contributed by atoms with Crippen LogP contribution in [0.25, 0.3) is 0 Å². The standard InChI is InChI=1S/C16H22F2N6.HI/c1-4-19-16(21-10-15-23-22-11(2)24(15)3)20-8-7-12-9-13(17)5-6-14(12)18;/h5-6,9H,4,7-8,10H2,1-3H3,(H2,19,20,21);1H. The van der Waals surface area contributed by atoms with Crippen molar-refractivity contribution in [3.63, 3.8) is 0 Å². The summed E-state index contributed by atoms with van der Waals surface area (Å²) in [6.45, 7) is 5.33. The molecule has 6 nitrogen and oxygen atoms in total. The van der Waals surface area contributed by atoms with E-state index in [0.29, 0.717) is 37.6 Å². The van der Waals surface area contributed by atoms with Gasteiger partial charge in [-0.25, -0.2) is 13.8 Å². The number of nitrogens with zero attached hydrogens (tertiary/aromatic N) is 4. The predicted molar refractivity (Wildman–Crippen MR) is 104 cm³/mol. The van der Waals surface area contributed by atoms with E-state index in [-0.39, 0.29) is 24.0 Å². The van der Waals surface area contributed by atoms with E-state index in [9.17, 15) is 8.78 Å². The summed E-state index contributed by atoms with van der Waals surface area (Å²) < 4.78 is 28.6. The molecule has 9 heteroatoms. The maximum absolute atomic E-state index is 13.6. The summed E-state index contributed by atoms with van der Waals surface area (Å²) in [6, 6.07) is 3.46. The third kappa shape index (κ3) is 6.22. The van der Waals surface area contributed by atoms with Crippen molar-refractivity contribution in [3.8, 4) is 0 Å². The average Bonchev–Trinajstić information content (AvgIpc) is 2.87. The second-order valence-electron chi connectivity index (χ2n) is 5.33. The van der Waals surface area contributed by atoms with Crippen LogP contribution < -0.4 is 10.6 Å². The van der Waals surface area contributed by atoms with Crippen LogP contribution in [0.15, 0.2) is 23.2 Å². The van der Waals surface area contributed by atoms with Crippen molar-refractivity contribution in [1.29, 1.82) is 0 Å². The second-order valence-corrected chi connectivity index (χ2v) is 5.33. The number of hydrogen-bond acceptors (Lipinski definition) is 3. The van der Waals surface area contributed by atoms with Gasteiger partial charge in [-0.05, 0) is 44.0 Å². The minimum absolute atomic E-state index is 0. The Morgan fingerprint density at radius 1 is 1.24 bits per heavy atom. The Morgan fingerprint density at radius 2 is 2.00 bits per heavy atom. The lowest BCUT2D eigenvalue weighted by atomic mass is 10.1. The molecule has 0 bridgehead atoms. The number of aryl methyl sites for hydroxylation is 1. The second kappa shape index (κ2) is 10.3. The van der Waals surface area contributed by atoms with Gasteiger partial charge >= 0.3 is 0 Å². The van der Waals surface area contributed by atoms with Crippen molar-refractivity contribution in [2.45, 2.75) is 26.8 Å². The van der Waals surface area contributed by atoms with Gasteiger partial charge in [0.25, 0.3) is 0 Å². The van der Waals surface area contributed by atoms with Gasteiger partial charge in [-0.15, -0.1) is 34.2 Å². The molecule has 0 saturated carbocycles. The van der Waals surface area contributed by atoms with Crippen molar-refractivity contribution >= 4 is 29.9 Å². The SMILES string of the molecule is CCNC(=NCc1nnc(C)n1C)NCCc1cc(F)ccc1F.I. The van der Waals surface area contributed by atoms with Crippen LogP contribution in [0.5, 0.6) is 0 Å². The van der Waals surface area contributed by atoms with Crippen molar-refractivity contribution in [1.82, 2.24) is 25.4 Å². The van der Waals surface area contributed by atoms with Crippen LogP contribution in [0.2, 0.25) is 0 Å². The Kier molecular flexibility index (Phi) is 8.73. The maximum atomic E-state index is 13.6. The molecule has 25 heavy (non-hydrogen) atoms. The van der Waals surface area contributed by atoms with Crippen molar-refractivity contribution in [2.24, 2.45) is 12.0 Å². The van der Waals surface area contributed by atoms with Gasteiger partial charge in [-0.3, -0.25) is 0 Å². The fourth-order valence-electron chi connectivity index (χ4n) is 2.13. The van der Waals surface area contributed by atoms with E-state index in [0.717, 1.165) is 23.8 Å². The van der Waals surface area contributed by atoms with Gasteiger partial charge in [-0.1, -0.05) is 0 Å². The first kappa shape index (κ1) is 21.3. The summed E-state index contributed by atoms with van der Waals surface area (Å²) >= 11 is 0. The summed E-state index contributed by atoms with van der Waals surface area (Å²) in [7, 11) is 1.88. The molecule has 0 saturated heterocycles. The largest absolute Gasteiger partial charge is 0.357 e. The predicted octanol–water partition coefficient (Wildman–Crippen LogP) is 2.32. The van der Waals surface area contributed by atoms with Gasteiger partial charge in [0.05, 0.1) is 0 Å². The summed E-state index contributed by atoms with van der Waals surface area (Å²) in [5.74, 6) is 1.31. The van der Waals surface area contributed by atoms with Gasteiger partial charge < -0.3 is 15.2 Å². The van der Waals surface area contributed by atoms with Gasteiger partial charge in [-0.2, -0.15) is 0 Å². The number of benzene rings is 1. The minimum Gasteiger partial charge on any atom is -0.357 e. The van der Waals surface area contributed by atoms with Crippen LogP contribution in [0.3, 0.4) is 0 Å². The van der Waals surface area contributed by atoms with Crippen LogP contribution >= 0.6 is 24.0 Å². The summed E-state index contributed by atoms with van der Waals surface area (Å²) in [4.78, 5) is 4.43. The van der Waals surface area contributed by atoms with E-state index < -0.39 is 11.6 Å². The Labute approximate surface area is 163 Å². The van der Waals surface area contributed by atoms with E-state index >= 15 is 0 Å². The quantitative estimate of drug-likeness (QED) is 0.392. The van der Waals surface area contributed by atoms with E-state index in [1.807, 2.05) is 25.5 Å². The van der Waals surface area contributed by atoms with Crippen LogP contribution in [0, 0.1) is 18.6 Å². The monoisotopic (exact) mass is 464 g/mol. The Hall–Kier alpha value is -1.78. The van der Waals surface area contributed by atoms with Crippen LogP contribution in [-0.4, -0.2) is 33.8 Å². The van der Waals surface area contributed by atoms with E-state index in [1.165, 1.54) is 6.07 Å². The van der Waals surface area contributed by atoms with Crippen molar-refractivity contribution in [2.75, 3.05) is 13.1 Å². The van der Waals surface area contributed by atoms with Gasteiger partial charge in [0.1, 0.15) is 24.0 Å². The van der Waals surface area contributed by atoms with Crippen molar-refractivity contribution < 1.29 is 8.78 Å². The molecule has 0 radical (unpaired) electrons. The molecule has 1 aromatic carbocycles. The molecule has 0 aliphatic rings. The molecular formula is C16H23F2IN6. The van der Waals surface area contributed by atoms with Crippen LogP contribution in [0.1, 0.15) is 24.1 Å². The summed E-state index contributed by atoms with van der Waals surface area (Å²) in [6.07, 6.45) is 0.358. The molecule has 1 heterocycles. The number of rotatable bonds is 6. The number of guanidine groups is 1. The first-order valence-electron chi connectivity index (χ1n) is 7.82. The number of aliphatic imine (C=N–C) groups is 1. The molecule has 0 amide bonds. The molecule has 0 aliphatic heterocycles. The van der Waals surface area contributed by atoms with Gasteiger partial charge in [0, 0.05) is 20.1 Å². The molecule has 0 unspecified atom stereocenters.